The largest absolute Gasteiger partial charge is 0.370 e. The van der Waals surface area contributed by atoms with E-state index < -0.39 is 0 Å². The molecule has 2 heterocycles. The summed E-state index contributed by atoms with van der Waals surface area (Å²) in [6.07, 6.45) is 0. The third-order valence-electron chi connectivity index (χ3n) is 5.95. The minimum absolute atomic E-state index is 0.100. The quantitative estimate of drug-likeness (QED) is 0.643. The van der Waals surface area contributed by atoms with Crippen molar-refractivity contribution in [2.45, 2.75) is 20.8 Å². The molecule has 0 bridgehead atoms. The number of carbonyl (C=O) groups is 1. The molecule has 0 atom stereocenters. The molecule has 4 rings (SSSR count). The molecule has 31 heavy (non-hydrogen) atoms. The lowest BCUT2D eigenvalue weighted by Crippen LogP contribution is -3.14. The molecular formula is C25H31N4O2+. The van der Waals surface area contributed by atoms with Gasteiger partial charge in [0.15, 0.2) is 0 Å². The van der Waals surface area contributed by atoms with Crippen LogP contribution >= 0.6 is 0 Å². The van der Waals surface area contributed by atoms with E-state index >= 15 is 0 Å². The average Bonchev–Trinajstić information content (AvgIpc) is 3.22. The van der Waals surface area contributed by atoms with Gasteiger partial charge >= 0.3 is 0 Å². The smallest absolute Gasteiger partial charge is 0.270 e. The Morgan fingerprint density at radius 1 is 1.06 bits per heavy atom. The van der Waals surface area contributed by atoms with Crippen molar-refractivity contribution in [2.75, 3.05) is 39.4 Å². The second-order valence-electron chi connectivity index (χ2n) is 8.33. The predicted molar refractivity (Wildman–Crippen MR) is 122 cm³/mol. The number of hydrogen-bond acceptors (Lipinski definition) is 3. The Morgan fingerprint density at radius 2 is 1.87 bits per heavy atom. The summed E-state index contributed by atoms with van der Waals surface area (Å²) in [6.45, 7) is 11.3. The number of carbonyl (C=O) groups excluding carboxylic acids is 1. The molecule has 3 aromatic rings. The maximum atomic E-state index is 13.1. The molecule has 0 unspecified atom stereocenters. The van der Waals surface area contributed by atoms with Gasteiger partial charge in [0, 0.05) is 5.56 Å². The fraction of sp³-hybridized carbons (Fsp3) is 0.360. The van der Waals surface area contributed by atoms with Crippen molar-refractivity contribution in [3.05, 3.63) is 70.9 Å². The van der Waals surface area contributed by atoms with E-state index in [0.717, 1.165) is 55.4 Å². The molecule has 2 N–H and O–H groups in total. The second-order valence-corrected chi connectivity index (χ2v) is 8.33. The van der Waals surface area contributed by atoms with E-state index in [1.807, 2.05) is 37.3 Å². The van der Waals surface area contributed by atoms with Crippen molar-refractivity contribution in [2.24, 2.45) is 0 Å². The van der Waals surface area contributed by atoms with Crippen molar-refractivity contribution in [3.63, 3.8) is 0 Å². The maximum absolute atomic E-state index is 13.1. The zero-order valence-corrected chi connectivity index (χ0v) is 18.6. The molecule has 6 heteroatoms. The normalized spacial score (nSPS) is 14.5. The van der Waals surface area contributed by atoms with Gasteiger partial charge < -0.3 is 15.0 Å². The van der Waals surface area contributed by atoms with Gasteiger partial charge in [-0.1, -0.05) is 24.3 Å². The fourth-order valence-electron chi connectivity index (χ4n) is 3.89. The molecule has 0 aliphatic carbocycles. The van der Waals surface area contributed by atoms with Crippen molar-refractivity contribution in [1.82, 2.24) is 15.1 Å². The fourth-order valence-corrected chi connectivity index (χ4v) is 3.89. The molecule has 6 nitrogen and oxygen atoms in total. The summed E-state index contributed by atoms with van der Waals surface area (Å²) < 4.78 is 7.17. The van der Waals surface area contributed by atoms with Crippen LogP contribution in [0.15, 0.2) is 48.5 Å². The summed E-state index contributed by atoms with van der Waals surface area (Å²) in [6, 6.07) is 16.2. The number of nitrogens with zero attached hydrogens (tertiary/aromatic N) is 2. The summed E-state index contributed by atoms with van der Waals surface area (Å²) in [5, 5.41) is 7.91. The van der Waals surface area contributed by atoms with Crippen LogP contribution in [0.2, 0.25) is 0 Å². The Kier molecular flexibility index (Phi) is 6.49. The topological polar surface area (TPSA) is 60.6 Å². The number of amides is 1. The van der Waals surface area contributed by atoms with Gasteiger partial charge in [-0.25, -0.2) is 4.68 Å². The first kappa shape index (κ1) is 21.3. The second kappa shape index (κ2) is 9.45. The van der Waals surface area contributed by atoms with E-state index in [0.29, 0.717) is 12.2 Å². The Hall–Kier alpha value is -2.96. The van der Waals surface area contributed by atoms with Gasteiger partial charge in [0.1, 0.15) is 18.8 Å². The average molecular weight is 420 g/mol. The highest BCUT2D eigenvalue weighted by Crippen LogP contribution is 2.24. The zero-order chi connectivity index (χ0) is 21.8. The number of rotatable bonds is 6. The first-order valence-electron chi connectivity index (χ1n) is 11.0. The third-order valence-corrected chi connectivity index (χ3v) is 5.95. The molecule has 1 amide bonds. The number of morpholine rings is 1. The van der Waals surface area contributed by atoms with Crippen LogP contribution in [0.5, 0.6) is 0 Å². The molecule has 0 spiro atoms. The highest BCUT2D eigenvalue weighted by atomic mass is 16.5. The maximum Gasteiger partial charge on any atom is 0.270 e. The molecule has 2 aromatic carbocycles. The number of quaternary nitrogens is 1. The van der Waals surface area contributed by atoms with Crippen molar-refractivity contribution < 1.29 is 14.4 Å². The Labute approximate surface area is 183 Å². The van der Waals surface area contributed by atoms with Gasteiger partial charge in [0.25, 0.3) is 5.91 Å². The summed E-state index contributed by atoms with van der Waals surface area (Å²) in [5.74, 6) is -0.100. The van der Waals surface area contributed by atoms with E-state index in [4.69, 9.17) is 9.84 Å². The molecule has 0 radical (unpaired) electrons. The van der Waals surface area contributed by atoms with Crippen LogP contribution in [-0.2, 0) is 4.74 Å². The lowest BCUT2D eigenvalue weighted by molar-refractivity contribution is -0.906. The highest BCUT2D eigenvalue weighted by Gasteiger charge is 2.19. The van der Waals surface area contributed by atoms with Crippen LogP contribution in [-0.4, -0.2) is 55.1 Å². The van der Waals surface area contributed by atoms with E-state index in [1.54, 1.807) is 4.68 Å². The summed E-state index contributed by atoms with van der Waals surface area (Å²) in [4.78, 5) is 14.6. The number of aromatic nitrogens is 2. The van der Waals surface area contributed by atoms with Crippen LogP contribution in [0.25, 0.3) is 16.9 Å². The van der Waals surface area contributed by atoms with Gasteiger partial charge in [-0.3, -0.25) is 4.79 Å². The standard InChI is InChI=1S/C25H30N4O2/c1-18-5-4-6-22(15-18)29-24(25(30)26-9-10-28-11-13-31-14-12-28)17-23(27-29)21-8-7-19(2)20(3)16-21/h4-8,15-17H,9-14H2,1-3H3,(H,26,30)/p+1. The number of ether oxygens (including phenoxy) is 1. The van der Waals surface area contributed by atoms with Crippen LogP contribution < -0.4 is 10.2 Å². The highest BCUT2D eigenvalue weighted by molar-refractivity contribution is 5.94. The Bertz CT molecular complexity index is 1070. The van der Waals surface area contributed by atoms with Gasteiger partial charge in [0.05, 0.1) is 37.7 Å². The third kappa shape index (κ3) is 5.03. The van der Waals surface area contributed by atoms with E-state index in [2.05, 4.69) is 37.4 Å². The molecule has 1 aromatic heterocycles. The van der Waals surface area contributed by atoms with Crippen LogP contribution in [0, 0.1) is 20.8 Å². The van der Waals surface area contributed by atoms with Crippen molar-refractivity contribution in [3.8, 4) is 16.9 Å². The molecule has 1 saturated heterocycles. The van der Waals surface area contributed by atoms with E-state index in [9.17, 15) is 4.79 Å². The number of hydrogen-bond donors (Lipinski definition) is 2. The first-order chi connectivity index (χ1) is 15.0. The monoisotopic (exact) mass is 419 g/mol. The predicted octanol–water partition coefficient (Wildman–Crippen LogP) is 2.11. The zero-order valence-electron chi connectivity index (χ0n) is 18.6. The molecular weight excluding hydrogens is 388 g/mol. The van der Waals surface area contributed by atoms with Gasteiger partial charge in [-0.05, 0) is 61.7 Å². The lowest BCUT2D eigenvalue weighted by Gasteiger charge is -2.23. The molecule has 1 aliphatic heterocycles. The summed E-state index contributed by atoms with van der Waals surface area (Å²) in [5.41, 5.74) is 6.83. The summed E-state index contributed by atoms with van der Waals surface area (Å²) in [7, 11) is 0. The molecule has 0 saturated carbocycles. The van der Waals surface area contributed by atoms with Gasteiger partial charge in [-0.2, -0.15) is 5.10 Å². The number of nitrogens with one attached hydrogen (secondary N) is 2. The number of aryl methyl sites for hydroxylation is 3. The Balaban J connectivity index is 1.60. The van der Waals surface area contributed by atoms with E-state index in [1.165, 1.54) is 16.0 Å². The number of benzene rings is 2. The van der Waals surface area contributed by atoms with Gasteiger partial charge in [-0.15, -0.1) is 0 Å². The van der Waals surface area contributed by atoms with Crippen LogP contribution in [0.4, 0.5) is 0 Å². The lowest BCUT2D eigenvalue weighted by atomic mass is 10.0. The minimum atomic E-state index is -0.100. The minimum Gasteiger partial charge on any atom is -0.370 e. The Morgan fingerprint density at radius 3 is 2.61 bits per heavy atom. The van der Waals surface area contributed by atoms with Crippen LogP contribution in [0.1, 0.15) is 27.2 Å². The molecule has 1 aliphatic rings. The van der Waals surface area contributed by atoms with Gasteiger partial charge in [0.2, 0.25) is 0 Å². The van der Waals surface area contributed by atoms with Crippen molar-refractivity contribution >= 4 is 5.91 Å². The summed E-state index contributed by atoms with van der Waals surface area (Å²) >= 11 is 0. The van der Waals surface area contributed by atoms with Crippen LogP contribution in [0.3, 0.4) is 0 Å². The SMILES string of the molecule is Cc1cccc(-n2nc(-c3ccc(C)c(C)c3)cc2C(=O)NCC[NH+]2CCOCC2)c1. The molecule has 1 fully saturated rings. The van der Waals surface area contributed by atoms with Crippen molar-refractivity contribution in [1.29, 1.82) is 0 Å². The van der Waals surface area contributed by atoms with E-state index in [-0.39, 0.29) is 5.91 Å². The first-order valence-corrected chi connectivity index (χ1v) is 11.0. The molecule has 162 valence electrons.